The maximum Gasteiger partial charge on any atom is 0.501 e. The number of amides is 4. The third kappa shape index (κ3) is 4.21. The van der Waals surface area contributed by atoms with Gasteiger partial charge in [0.25, 0.3) is 15.7 Å². The Balaban J connectivity index is 1.92. The van der Waals surface area contributed by atoms with E-state index in [0.29, 0.717) is 22.6 Å². The zero-order valence-corrected chi connectivity index (χ0v) is 16.6. The summed E-state index contributed by atoms with van der Waals surface area (Å²) in [4.78, 5) is 41.6. The molecule has 9 nitrogen and oxygen atoms in total. The van der Waals surface area contributed by atoms with Crippen molar-refractivity contribution in [3.05, 3.63) is 54.4 Å². The standard InChI is InChI=1S/C18H15F3N4O5S/c1-11(26)23-16(12-6-8-22-9-7-12)24-10-15(27)25(17(24)28)13-2-4-14(5-3-13)31(29,30)18(19,20)21/h2-9,16H,10H2,1H3,(H,23,26). The first-order chi connectivity index (χ1) is 14.4. The van der Waals surface area contributed by atoms with Crippen molar-refractivity contribution < 1.29 is 36.0 Å². The maximum atomic E-state index is 12.9. The van der Waals surface area contributed by atoms with Crippen LogP contribution in [0, 0.1) is 0 Å². The zero-order chi connectivity index (χ0) is 23.0. The summed E-state index contributed by atoms with van der Waals surface area (Å²) in [7, 11) is -5.57. The normalized spacial score (nSPS) is 15.9. The van der Waals surface area contributed by atoms with E-state index < -0.39 is 50.8 Å². The highest BCUT2D eigenvalue weighted by Crippen LogP contribution is 2.32. The second kappa shape index (κ2) is 7.98. The van der Waals surface area contributed by atoms with Gasteiger partial charge in [0.1, 0.15) is 12.7 Å². The van der Waals surface area contributed by atoms with Gasteiger partial charge in [0.2, 0.25) is 5.91 Å². The van der Waals surface area contributed by atoms with Crippen molar-refractivity contribution >= 4 is 33.4 Å². The SMILES string of the molecule is CC(=O)NC(c1ccncc1)N1CC(=O)N(c2ccc(S(=O)(=O)C(F)(F)F)cc2)C1=O. The number of sulfone groups is 1. The molecule has 31 heavy (non-hydrogen) atoms. The van der Waals surface area contributed by atoms with Crippen LogP contribution in [0.4, 0.5) is 23.7 Å². The van der Waals surface area contributed by atoms with Gasteiger partial charge in [-0.25, -0.2) is 18.1 Å². The average molecular weight is 456 g/mol. The highest BCUT2D eigenvalue weighted by atomic mass is 32.2. The molecule has 2 heterocycles. The second-order valence-corrected chi connectivity index (χ2v) is 8.41. The lowest BCUT2D eigenvalue weighted by molar-refractivity contribution is -0.121. The Morgan fingerprint density at radius 2 is 1.68 bits per heavy atom. The van der Waals surface area contributed by atoms with Crippen LogP contribution in [0.3, 0.4) is 0 Å². The minimum absolute atomic E-state index is 0.116. The lowest BCUT2D eigenvalue weighted by Crippen LogP contribution is -2.43. The predicted molar refractivity (Wildman–Crippen MR) is 100 cm³/mol. The van der Waals surface area contributed by atoms with E-state index in [4.69, 9.17) is 0 Å². The van der Waals surface area contributed by atoms with Gasteiger partial charge < -0.3 is 5.32 Å². The number of nitrogens with zero attached hydrogens (tertiary/aromatic N) is 3. The van der Waals surface area contributed by atoms with E-state index in [1.807, 2.05) is 0 Å². The summed E-state index contributed by atoms with van der Waals surface area (Å²) in [5.41, 5.74) is -5.13. The zero-order valence-electron chi connectivity index (χ0n) is 15.8. The fourth-order valence-corrected chi connectivity index (χ4v) is 3.72. The lowest BCUT2D eigenvalue weighted by Gasteiger charge is -2.27. The number of hydrogen-bond donors (Lipinski definition) is 1. The van der Waals surface area contributed by atoms with Crippen molar-refractivity contribution in [2.24, 2.45) is 0 Å². The van der Waals surface area contributed by atoms with Crippen molar-refractivity contribution in [3.8, 4) is 0 Å². The Morgan fingerprint density at radius 3 is 2.19 bits per heavy atom. The largest absolute Gasteiger partial charge is 0.501 e. The molecule has 13 heteroatoms. The van der Waals surface area contributed by atoms with Crippen LogP contribution in [-0.4, -0.2) is 48.2 Å². The minimum Gasteiger partial charge on any atom is -0.332 e. The number of carbonyl (C=O) groups is 3. The summed E-state index contributed by atoms with van der Waals surface area (Å²) in [6.07, 6.45) is 1.88. The number of anilines is 1. The monoisotopic (exact) mass is 456 g/mol. The molecule has 0 radical (unpaired) electrons. The Hall–Kier alpha value is -3.48. The van der Waals surface area contributed by atoms with Crippen LogP contribution in [0.5, 0.6) is 0 Å². The molecule has 1 aromatic carbocycles. The molecule has 1 N–H and O–H groups in total. The molecule has 1 atom stereocenters. The van der Waals surface area contributed by atoms with Gasteiger partial charge in [-0.05, 0) is 42.0 Å². The molecule has 2 aromatic rings. The van der Waals surface area contributed by atoms with Gasteiger partial charge >= 0.3 is 11.5 Å². The van der Waals surface area contributed by atoms with Crippen molar-refractivity contribution in [2.75, 3.05) is 11.4 Å². The molecule has 0 bridgehead atoms. The minimum atomic E-state index is -5.57. The van der Waals surface area contributed by atoms with E-state index in [9.17, 15) is 36.0 Å². The maximum absolute atomic E-state index is 12.9. The molecule has 1 aliphatic rings. The number of alkyl halides is 3. The molecular formula is C18H15F3N4O5S. The van der Waals surface area contributed by atoms with Crippen molar-refractivity contribution in [3.63, 3.8) is 0 Å². The van der Waals surface area contributed by atoms with Gasteiger partial charge in [0.15, 0.2) is 0 Å². The van der Waals surface area contributed by atoms with Crippen LogP contribution in [0.15, 0.2) is 53.7 Å². The summed E-state index contributed by atoms with van der Waals surface area (Å²) < 4.78 is 61.1. The summed E-state index contributed by atoms with van der Waals surface area (Å²) in [5, 5.41) is 2.56. The van der Waals surface area contributed by atoms with Crippen LogP contribution in [-0.2, 0) is 19.4 Å². The second-order valence-electron chi connectivity index (χ2n) is 6.47. The molecule has 4 amide bonds. The number of rotatable bonds is 5. The summed E-state index contributed by atoms with van der Waals surface area (Å²) in [6.45, 7) is 0.808. The van der Waals surface area contributed by atoms with Crippen molar-refractivity contribution in [1.29, 1.82) is 0 Å². The third-order valence-electron chi connectivity index (χ3n) is 4.38. The smallest absolute Gasteiger partial charge is 0.332 e. The lowest BCUT2D eigenvalue weighted by atomic mass is 10.2. The highest BCUT2D eigenvalue weighted by molar-refractivity contribution is 7.92. The molecule has 1 aliphatic heterocycles. The van der Waals surface area contributed by atoms with Crippen LogP contribution in [0.25, 0.3) is 0 Å². The van der Waals surface area contributed by atoms with Gasteiger partial charge in [0.05, 0.1) is 10.6 Å². The van der Waals surface area contributed by atoms with Gasteiger partial charge in [-0.1, -0.05) is 0 Å². The number of hydrogen-bond acceptors (Lipinski definition) is 6. The van der Waals surface area contributed by atoms with E-state index >= 15 is 0 Å². The number of halogens is 3. The molecule has 1 aromatic heterocycles. The van der Waals surface area contributed by atoms with E-state index in [0.717, 1.165) is 17.0 Å². The van der Waals surface area contributed by atoms with E-state index in [2.05, 4.69) is 10.3 Å². The highest BCUT2D eigenvalue weighted by Gasteiger charge is 2.47. The Bertz CT molecular complexity index is 1120. The third-order valence-corrected chi connectivity index (χ3v) is 5.88. The molecule has 1 saturated heterocycles. The van der Waals surface area contributed by atoms with Crippen LogP contribution in [0.2, 0.25) is 0 Å². The van der Waals surface area contributed by atoms with E-state index in [1.54, 1.807) is 0 Å². The Labute approximate surface area is 174 Å². The first kappa shape index (κ1) is 22.2. The molecule has 0 aliphatic carbocycles. The fourth-order valence-electron chi connectivity index (χ4n) is 2.96. The molecule has 3 rings (SSSR count). The van der Waals surface area contributed by atoms with Crippen LogP contribution in [0.1, 0.15) is 18.7 Å². The number of urea groups is 1. The van der Waals surface area contributed by atoms with Crippen LogP contribution >= 0.6 is 0 Å². The van der Waals surface area contributed by atoms with Gasteiger partial charge in [0, 0.05) is 19.3 Å². The summed E-state index contributed by atoms with van der Waals surface area (Å²) in [6, 6.07) is 5.42. The number of benzene rings is 1. The number of pyridine rings is 1. The average Bonchev–Trinajstić information content (AvgIpc) is 2.99. The van der Waals surface area contributed by atoms with E-state index in [1.165, 1.54) is 31.5 Å². The number of nitrogens with one attached hydrogen (secondary N) is 1. The first-order valence-corrected chi connectivity index (χ1v) is 10.1. The molecule has 1 fully saturated rings. The molecule has 1 unspecified atom stereocenters. The number of carbonyl (C=O) groups excluding carboxylic acids is 3. The Kier molecular flexibility index (Phi) is 5.72. The number of imide groups is 1. The van der Waals surface area contributed by atoms with E-state index in [-0.39, 0.29) is 5.69 Å². The molecule has 164 valence electrons. The quantitative estimate of drug-likeness (QED) is 0.688. The summed E-state index contributed by atoms with van der Waals surface area (Å²) >= 11 is 0. The van der Waals surface area contributed by atoms with Gasteiger partial charge in [-0.3, -0.25) is 19.5 Å². The number of aromatic nitrogens is 1. The molecule has 0 spiro atoms. The summed E-state index contributed by atoms with van der Waals surface area (Å²) in [5.74, 6) is -1.18. The Morgan fingerprint density at radius 1 is 1.10 bits per heavy atom. The fraction of sp³-hybridized carbons (Fsp3) is 0.222. The first-order valence-electron chi connectivity index (χ1n) is 8.65. The van der Waals surface area contributed by atoms with Gasteiger partial charge in [-0.15, -0.1) is 0 Å². The molecule has 0 saturated carbocycles. The predicted octanol–water partition coefficient (Wildman–Crippen LogP) is 1.98. The van der Waals surface area contributed by atoms with Crippen molar-refractivity contribution in [2.45, 2.75) is 23.5 Å². The molecular weight excluding hydrogens is 441 g/mol. The van der Waals surface area contributed by atoms with Crippen molar-refractivity contribution in [1.82, 2.24) is 15.2 Å². The van der Waals surface area contributed by atoms with Crippen LogP contribution < -0.4 is 10.2 Å². The topological polar surface area (TPSA) is 117 Å². The van der Waals surface area contributed by atoms with Gasteiger partial charge in [-0.2, -0.15) is 13.2 Å².